The van der Waals surface area contributed by atoms with E-state index in [0.29, 0.717) is 18.0 Å². The molecule has 11 heteroatoms. The number of anilines is 1. The van der Waals surface area contributed by atoms with Crippen LogP contribution in [0, 0.1) is 10.1 Å². The molecule has 1 aliphatic rings. The summed E-state index contributed by atoms with van der Waals surface area (Å²) in [6, 6.07) is 11.0. The van der Waals surface area contributed by atoms with Crippen LogP contribution in [0.1, 0.15) is 12.0 Å². The van der Waals surface area contributed by atoms with E-state index in [1.165, 1.54) is 12.1 Å². The lowest BCUT2D eigenvalue weighted by Gasteiger charge is -2.32. The molecule has 0 unspecified atom stereocenters. The highest BCUT2D eigenvalue weighted by Gasteiger charge is 2.21. The molecule has 1 aliphatic heterocycles. The number of nitro groups is 1. The third kappa shape index (κ3) is 6.88. The van der Waals surface area contributed by atoms with Gasteiger partial charge >= 0.3 is 0 Å². The highest BCUT2D eigenvalue weighted by molar-refractivity contribution is 7.89. The summed E-state index contributed by atoms with van der Waals surface area (Å²) < 4.78 is 27.8. The van der Waals surface area contributed by atoms with Gasteiger partial charge in [-0.1, -0.05) is 23.7 Å². The highest BCUT2D eigenvalue weighted by Crippen LogP contribution is 2.28. The van der Waals surface area contributed by atoms with Gasteiger partial charge in [-0.05, 0) is 49.8 Å². The van der Waals surface area contributed by atoms with Crippen LogP contribution >= 0.6 is 11.6 Å². The van der Waals surface area contributed by atoms with Gasteiger partial charge in [0.05, 0.1) is 9.82 Å². The third-order valence-electron chi connectivity index (χ3n) is 5.41. The molecule has 1 heterocycles. The van der Waals surface area contributed by atoms with Crippen molar-refractivity contribution in [3.8, 4) is 0 Å². The second-order valence-electron chi connectivity index (χ2n) is 7.81. The van der Waals surface area contributed by atoms with E-state index in [1.54, 1.807) is 12.1 Å². The fourth-order valence-corrected chi connectivity index (χ4v) is 4.66. The Kier molecular flexibility index (Phi) is 8.44. The van der Waals surface area contributed by atoms with Crippen molar-refractivity contribution in [2.45, 2.75) is 17.9 Å². The third-order valence-corrected chi connectivity index (χ3v) is 7.12. The van der Waals surface area contributed by atoms with E-state index < -0.39 is 14.9 Å². The average Bonchev–Trinajstić information content (AvgIpc) is 2.77. The predicted molar refractivity (Wildman–Crippen MR) is 126 cm³/mol. The second kappa shape index (κ2) is 11.1. The highest BCUT2D eigenvalue weighted by atomic mass is 35.5. The SMILES string of the molecule is CN1CCN(CCCNS(=O)(=O)c2ccc(NCc3ccc(Cl)cc3)c([N+](=O)[O-])c2)CC1. The standard InChI is InChI=1S/C21H28ClN5O4S/c1-25-11-13-26(14-12-25)10-2-9-24-32(30,31)19-7-8-20(21(15-19)27(28)29)23-16-17-3-5-18(22)6-4-17/h3-8,15,23-24H,2,9-14,16H2,1H3. The number of hydrogen-bond acceptors (Lipinski definition) is 7. The van der Waals surface area contributed by atoms with Crippen LogP contribution in [-0.2, 0) is 16.6 Å². The molecule has 32 heavy (non-hydrogen) atoms. The number of nitrogens with zero attached hydrogens (tertiary/aromatic N) is 3. The summed E-state index contributed by atoms with van der Waals surface area (Å²) in [5.41, 5.74) is 0.848. The smallest absolute Gasteiger partial charge is 0.293 e. The zero-order valence-corrected chi connectivity index (χ0v) is 19.5. The van der Waals surface area contributed by atoms with Crippen LogP contribution in [0.5, 0.6) is 0 Å². The molecule has 3 rings (SSSR count). The first-order valence-corrected chi connectivity index (χ1v) is 12.3. The van der Waals surface area contributed by atoms with Gasteiger partial charge in [0, 0.05) is 50.4 Å². The molecular weight excluding hydrogens is 454 g/mol. The number of hydrogen-bond donors (Lipinski definition) is 2. The minimum absolute atomic E-state index is 0.124. The van der Waals surface area contributed by atoms with Gasteiger partial charge in [0.1, 0.15) is 5.69 Å². The molecule has 1 saturated heterocycles. The summed E-state index contributed by atoms with van der Waals surface area (Å²) in [6.45, 7) is 5.39. The van der Waals surface area contributed by atoms with Gasteiger partial charge in [0.2, 0.25) is 10.0 Å². The molecule has 9 nitrogen and oxygen atoms in total. The van der Waals surface area contributed by atoms with Gasteiger partial charge in [-0.15, -0.1) is 0 Å². The van der Waals surface area contributed by atoms with Crippen molar-refractivity contribution in [3.63, 3.8) is 0 Å². The molecule has 0 radical (unpaired) electrons. The molecule has 0 aliphatic carbocycles. The summed E-state index contributed by atoms with van der Waals surface area (Å²) >= 11 is 5.87. The van der Waals surface area contributed by atoms with Crippen molar-refractivity contribution in [3.05, 3.63) is 63.2 Å². The van der Waals surface area contributed by atoms with Crippen molar-refractivity contribution in [1.29, 1.82) is 0 Å². The normalized spacial score (nSPS) is 15.6. The summed E-state index contributed by atoms with van der Waals surface area (Å²) in [5, 5.41) is 15.1. The van der Waals surface area contributed by atoms with E-state index in [0.717, 1.165) is 44.4 Å². The Bertz CT molecular complexity index is 1020. The summed E-state index contributed by atoms with van der Waals surface area (Å²) in [6.07, 6.45) is 0.672. The largest absolute Gasteiger partial charge is 0.375 e. The Balaban J connectivity index is 1.59. The number of nitro benzene ring substituents is 1. The molecule has 0 atom stereocenters. The maximum absolute atomic E-state index is 12.6. The van der Waals surface area contributed by atoms with Crippen LogP contribution in [0.25, 0.3) is 0 Å². The maximum atomic E-state index is 12.6. The first-order chi connectivity index (χ1) is 15.2. The Hall–Kier alpha value is -2.24. The van der Waals surface area contributed by atoms with Gasteiger partial charge < -0.3 is 15.1 Å². The zero-order valence-electron chi connectivity index (χ0n) is 18.0. The van der Waals surface area contributed by atoms with Crippen LogP contribution in [0.4, 0.5) is 11.4 Å². The predicted octanol–water partition coefficient (Wildman–Crippen LogP) is 2.78. The quantitative estimate of drug-likeness (QED) is 0.305. The van der Waals surface area contributed by atoms with Crippen LogP contribution < -0.4 is 10.0 Å². The van der Waals surface area contributed by atoms with E-state index in [1.807, 2.05) is 12.1 Å². The molecule has 0 saturated carbocycles. The monoisotopic (exact) mass is 481 g/mol. The topological polar surface area (TPSA) is 108 Å². The Labute approximate surface area is 193 Å². The first-order valence-electron chi connectivity index (χ1n) is 10.4. The van der Waals surface area contributed by atoms with Gasteiger partial charge in [0.25, 0.3) is 5.69 Å². The van der Waals surface area contributed by atoms with E-state index in [2.05, 4.69) is 26.9 Å². The lowest BCUT2D eigenvalue weighted by Crippen LogP contribution is -2.45. The number of benzene rings is 2. The minimum Gasteiger partial charge on any atom is -0.375 e. The lowest BCUT2D eigenvalue weighted by atomic mass is 10.2. The molecule has 0 amide bonds. The number of halogens is 1. The Morgan fingerprint density at radius 1 is 1.09 bits per heavy atom. The fourth-order valence-electron chi connectivity index (χ4n) is 3.44. The number of likely N-dealkylation sites (N-methyl/N-ethyl adjacent to an activating group) is 1. The zero-order chi connectivity index (χ0) is 23.1. The Morgan fingerprint density at radius 3 is 2.44 bits per heavy atom. The fraction of sp³-hybridized carbons (Fsp3) is 0.429. The van der Waals surface area contributed by atoms with E-state index in [4.69, 9.17) is 11.6 Å². The van der Waals surface area contributed by atoms with Crippen molar-refractivity contribution in [2.75, 3.05) is 51.6 Å². The number of piperazine rings is 1. The lowest BCUT2D eigenvalue weighted by molar-refractivity contribution is -0.384. The van der Waals surface area contributed by atoms with Crippen LogP contribution in [0.15, 0.2) is 47.4 Å². The van der Waals surface area contributed by atoms with Crippen LogP contribution in [0.3, 0.4) is 0 Å². The van der Waals surface area contributed by atoms with Gasteiger partial charge in [-0.2, -0.15) is 0 Å². The summed E-state index contributed by atoms with van der Waals surface area (Å²) in [7, 11) is -1.75. The molecule has 2 aromatic rings. The van der Waals surface area contributed by atoms with Gasteiger partial charge in [-0.25, -0.2) is 13.1 Å². The van der Waals surface area contributed by atoms with E-state index in [9.17, 15) is 18.5 Å². The van der Waals surface area contributed by atoms with E-state index >= 15 is 0 Å². The molecule has 0 aromatic heterocycles. The van der Waals surface area contributed by atoms with Crippen LogP contribution in [0.2, 0.25) is 5.02 Å². The Morgan fingerprint density at radius 2 is 1.78 bits per heavy atom. The molecule has 2 N–H and O–H groups in total. The maximum Gasteiger partial charge on any atom is 0.293 e. The van der Waals surface area contributed by atoms with E-state index in [-0.39, 0.29) is 22.8 Å². The van der Waals surface area contributed by atoms with Crippen molar-refractivity contribution in [1.82, 2.24) is 14.5 Å². The molecular formula is C21H28ClN5O4S. The van der Waals surface area contributed by atoms with Gasteiger partial charge in [0.15, 0.2) is 0 Å². The van der Waals surface area contributed by atoms with Gasteiger partial charge in [-0.3, -0.25) is 10.1 Å². The van der Waals surface area contributed by atoms with Crippen molar-refractivity contribution < 1.29 is 13.3 Å². The molecule has 1 fully saturated rings. The number of sulfonamides is 1. The van der Waals surface area contributed by atoms with Crippen molar-refractivity contribution in [2.24, 2.45) is 0 Å². The molecule has 0 spiro atoms. The molecule has 174 valence electrons. The number of nitrogens with one attached hydrogen (secondary N) is 2. The second-order valence-corrected chi connectivity index (χ2v) is 10.0. The minimum atomic E-state index is -3.84. The van der Waals surface area contributed by atoms with Crippen LogP contribution in [-0.4, -0.2) is 69.5 Å². The first kappa shape index (κ1) is 24.4. The molecule has 2 aromatic carbocycles. The number of rotatable bonds is 10. The summed E-state index contributed by atoms with van der Waals surface area (Å²) in [4.78, 5) is 15.4. The van der Waals surface area contributed by atoms with Crippen molar-refractivity contribution >= 4 is 33.0 Å². The summed E-state index contributed by atoms with van der Waals surface area (Å²) in [5.74, 6) is 0. The average molecular weight is 482 g/mol. The molecule has 0 bridgehead atoms.